The van der Waals surface area contributed by atoms with Crippen LogP contribution in [-0.4, -0.2) is 94.6 Å². The molecule has 2 amide bonds. The fourth-order valence-electron chi connectivity index (χ4n) is 5.54. The summed E-state index contributed by atoms with van der Waals surface area (Å²) in [5.74, 6) is -1.17. The number of thioether (sulfide) groups is 1. The van der Waals surface area contributed by atoms with Crippen LogP contribution in [0.4, 0.5) is 4.79 Å². The first kappa shape index (κ1) is 32.2. The van der Waals surface area contributed by atoms with Crippen LogP contribution in [0.25, 0.3) is 0 Å². The highest BCUT2D eigenvalue weighted by molar-refractivity contribution is 8.02. The van der Waals surface area contributed by atoms with Crippen molar-refractivity contribution in [2.75, 3.05) is 32.1 Å². The molecule has 2 saturated heterocycles. The third kappa shape index (κ3) is 6.58. The summed E-state index contributed by atoms with van der Waals surface area (Å²) in [5.41, 5.74) is -1.46. The van der Waals surface area contributed by atoms with Crippen molar-refractivity contribution in [3.8, 4) is 5.75 Å². The lowest BCUT2D eigenvalue weighted by molar-refractivity contribution is -0.160. The predicted molar refractivity (Wildman–Crippen MR) is 165 cm³/mol. The Balaban J connectivity index is 1.38. The van der Waals surface area contributed by atoms with Gasteiger partial charge in [-0.3, -0.25) is 9.78 Å². The number of ether oxygens (including phenoxy) is 2. The SMILES string of the molecule is CC(C)(C)OC(=O)C1(NC(=O)C2N(S(=O)(=O)c3cccnc3)CSC2(C)C)C[C@H]1c1ccc(OC(=O)N2CCNCC2)cc1. The van der Waals surface area contributed by atoms with Crippen molar-refractivity contribution < 1.29 is 32.3 Å². The van der Waals surface area contributed by atoms with Crippen LogP contribution in [0.15, 0.2) is 53.7 Å². The first-order chi connectivity index (χ1) is 20.6. The van der Waals surface area contributed by atoms with Crippen LogP contribution in [0.5, 0.6) is 5.75 Å². The lowest BCUT2D eigenvalue weighted by Crippen LogP contribution is -2.58. The molecule has 1 aromatic carbocycles. The van der Waals surface area contributed by atoms with Crippen molar-refractivity contribution in [1.82, 2.24) is 24.8 Å². The Morgan fingerprint density at radius 1 is 1.09 bits per heavy atom. The van der Waals surface area contributed by atoms with E-state index in [9.17, 15) is 22.8 Å². The quantitative estimate of drug-likeness (QED) is 0.431. The number of carbonyl (C=O) groups excluding carboxylic acids is 3. The molecule has 0 spiro atoms. The van der Waals surface area contributed by atoms with E-state index in [2.05, 4.69) is 15.6 Å². The molecule has 2 aromatic rings. The van der Waals surface area contributed by atoms with Crippen LogP contribution in [0.3, 0.4) is 0 Å². The third-order valence-corrected chi connectivity index (χ3v) is 11.3. The van der Waals surface area contributed by atoms with Crippen LogP contribution in [-0.2, 0) is 24.3 Å². The molecule has 2 unspecified atom stereocenters. The summed E-state index contributed by atoms with van der Waals surface area (Å²) in [7, 11) is -4.05. The molecule has 12 nitrogen and oxygen atoms in total. The van der Waals surface area contributed by atoms with Gasteiger partial charge < -0.3 is 25.0 Å². The molecule has 1 aliphatic carbocycles. The third-order valence-electron chi connectivity index (χ3n) is 7.93. The number of amides is 2. The molecule has 2 aliphatic heterocycles. The lowest BCUT2D eigenvalue weighted by atomic mass is 10.0. The average Bonchev–Trinajstić information content (AvgIpc) is 3.60. The number of aromatic nitrogens is 1. The maximum atomic E-state index is 14.1. The monoisotopic (exact) mass is 645 g/mol. The second-order valence-electron chi connectivity index (χ2n) is 12.8. The van der Waals surface area contributed by atoms with Gasteiger partial charge in [0.25, 0.3) is 0 Å². The highest BCUT2D eigenvalue weighted by Gasteiger charge is 2.65. The molecule has 3 heterocycles. The van der Waals surface area contributed by atoms with Gasteiger partial charge >= 0.3 is 12.1 Å². The largest absolute Gasteiger partial charge is 0.458 e. The van der Waals surface area contributed by atoms with E-state index in [0.717, 1.165) is 5.56 Å². The zero-order chi connectivity index (χ0) is 31.9. The summed E-state index contributed by atoms with van der Waals surface area (Å²) in [6.45, 7) is 11.4. The van der Waals surface area contributed by atoms with Gasteiger partial charge in [-0.25, -0.2) is 18.0 Å². The van der Waals surface area contributed by atoms with E-state index in [1.165, 1.54) is 40.6 Å². The number of benzene rings is 1. The van der Waals surface area contributed by atoms with Crippen molar-refractivity contribution >= 4 is 39.8 Å². The molecular weight excluding hydrogens is 606 g/mol. The summed E-state index contributed by atoms with van der Waals surface area (Å²) in [5, 5.41) is 6.12. The van der Waals surface area contributed by atoms with Gasteiger partial charge in [0.15, 0.2) is 0 Å². The average molecular weight is 646 g/mol. The van der Waals surface area contributed by atoms with Gasteiger partial charge in [0.1, 0.15) is 27.8 Å². The summed E-state index contributed by atoms with van der Waals surface area (Å²) in [4.78, 5) is 45.8. The molecular formula is C30H39N5O7S2. The Labute approximate surface area is 262 Å². The van der Waals surface area contributed by atoms with Crippen molar-refractivity contribution in [3.63, 3.8) is 0 Å². The van der Waals surface area contributed by atoms with Crippen LogP contribution in [0.2, 0.25) is 0 Å². The van der Waals surface area contributed by atoms with E-state index in [1.807, 2.05) is 13.8 Å². The fourth-order valence-corrected chi connectivity index (χ4v) is 8.67. The van der Waals surface area contributed by atoms with E-state index >= 15 is 0 Å². The van der Waals surface area contributed by atoms with E-state index in [-0.39, 0.29) is 17.2 Å². The van der Waals surface area contributed by atoms with Crippen LogP contribution in [0, 0.1) is 0 Å². The molecule has 1 aromatic heterocycles. The smallest absolute Gasteiger partial charge is 0.415 e. The van der Waals surface area contributed by atoms with Gasteiger partial charge in [0, 0.05) is 49.2 Å². The highest BCUT2D eigenvalue weighted by atomic mass is 32.2. The van der Waals surface area contributed by atoms with E-state index in [4.69, 9.17) is 9.47 Å². The number of piperazine rings is 1. The van der Waals surface area contributed by atoms with Crippen molar-refractivity contribution in [2.24, 2.45) is 0 Å². The fraction of sp³-hybridized carbons (Fsp3) is 0.533. The van der Waals surface area contributed by atoms with Crippen molar-refractivity contribution in [2.45, 2.75) is 73.8 Å². The normalized spacial score (nSPS) is 25.2. The molecule has 0 radical (unpaired) electrons. The summed E-state index contributed by atoms with van der Waals surface area (Å²) in [6, 6.07) is 8.72. The van der Waals surface area contributed by atoms with E-state index in [0.29, 0.717) is 31.9 Å². The topological polar surface area (TPSA) is 147 Å². The predicted octanol–water partition coefficient (Wildman–Crippen LogP) is 2.71. The Bertz CT molecular complexity index is 1510. The Hall–Kier alpha value is -3.20. The number of hydrogen-bond donors (Lipinski definition) is 2. The Morgan fingerprint density at radius 2 is 1.77 bits per heavy atom. The minimum atomic E-state index is -4.05. The van der Waals surface area contributed by atoms with Gasteiger partial charge in [0.2, 0.25) is 15.9 Å². The molecule has 3 aliphatic rings. The number of nitrogens with one attached hydrogen (secondary N) is 2. The van der Waals surface area contributed by atoms with Gasteiger partial charge in [-0.1, -0.05) is 12.1 Å². The molecule has 238 valence electrons. The minimum absolute atomic E-state index is 0.0139. The maximum Gasteiger partial charge on any atom is 0.415 e. The lowest BCUT2D eigenvalue weighted by Gasteiger charge is -2.32. The summed E-state index contributed by atoms with van der Waals surface area (Å²) >= 11 is 1.35. The first-order valence-electron chi connectivity index (χ1n) is 14.5. The van der Waals surface area contributed by atoms with Crippen molar-refractivity contribution in [1.29, 1.82) is 0 Å². The van der Waals surface area contributed by atoms with Gasteiger partial charge in [0.05, 0.1) is 5.88 Å². The molecule has 44 heavy (non-hydrogen) atoms. The molecule has 5 rings (SSSR count). The minimum Gasteiger partial charge on any atom is -0.458 e. The van der Waals surface area contributed by atoms with Crippen LogP contribution >= 0.6 is 11.8 Å². The highest BCUT2D eigenvalue weighted by Crippen LogP contribution is 2.53. The summed E-state index contributed by atoms with van der Waals surface area (Å²) in [6.07, 6.45) is 2.57. The number of pyridine rings is 1. The van der Waals surface area contributed by atoms with Crippen LogP contribution < -0.4 is 15.4 Å². The number of esters is 1. The molecule has 0 bridgehead atoms. The Morgan fingerprint density at radius 3 is 2.39 bits per heavy atom. The van der Waals surface area contributed by atoms with Gasteiger partial charge in [-0.2, -0.15) is 4.31 Å². The van der Waals surface area contributed by atoms with Crippen molar-refractivity contribution in [3.05, 3.63) is 54.4 Å². The molecule has 3 atom stereocenters. The first-order valence-corrected chi connectivity index (χ1v) is 17.0. The number of rotatable bonds is 7. The van der Waals surface area contributed by atoms with Crippen LogP contribution in [0.1, 0.15) is 52.5 Å². The second-order valence-corrected chi connectivity index (χ2v) is 16.2. The van der Waals surface area contributed by atoms with E-state index < -0.39 is 55.8 Å². The molecule has 3 fully saturated rings. The number of carbonyl (C=O) groups is 3. The van der Waals surface area contributed by atoms with E-state index in [1.54, 1.807) is 49.9 Å². The zero-order valence-electron chi connectivity index (χ0n) is 25.5. The number of sulfonamides is 1. The second kappa shape index (κ2) is 12.0. The number of hydrogen-bond acceptors (Lipinski definition) is 10. The molecule has 14 heteroatoms. The number of nitrogens with zero attached hydrogens (tertiary/aromatic N) is 3. The zero-order valence-corrected chi connectivity index (χ0v) is 27.2. The molecule has 1 saturated carbocycles. The van der Waals surface area contributed by atoms with Gasteiger partial charge in [-0.15, -0.1) is 11.8 Å². The molecule has 2 N–H and O–H groups in total. The maximum absolute atomic E-state index is 14.1. The Kier molecular flexibility index (Phi) is 8.75. The van der Waals surface area contributed by atoms with Gasteiger partial charge in [-0.05, 0) is 70.9 Å². The standard InChI is InChI=1S/C30H39N5O7S2/c1-28(2,3)42-26(37)30(17-23(30)20-8-10-21(11-9-20)41-27(38)34-15-13-31-14-16-34)33-25(36)24-29(4,5)43-19-35(24)44(39,40)22-7-6-12-32-18-22/h6-12,18,23-24,31H,13-17,19H2,1-5H3,(H,33,36)/t23-,24?,30?/m0/s1. The summed E-state index contributed by atoms with van der Waals surface area (Å²) < 4.78 is 38.9.